The van der Waals surface area contributed by atoms with Crippen LogP contribution in [-0.2, 0) is 18.4 Å². The molecular formula is C16H13ClN6OS. The number of hydrogen-bond acceptors (Lipinski definition) is 5. The number of thiophene rings is 1. The van der Waals surface area contributed by atoms with Gasteiger partial charge in [-0.1, -0.05) is 29.8 Å². The molecule has 4 aromatic rings. The summed E-state index contributed by atoms with van der Waals surface area (Å²) in [6, 6.07) is 11.6. The maximum Gasteiger partial charge on any atom is 0.247 e. The van der Waals surface area contributed by atoms with Gasteiger partial charge >= 0.3 is 0 Å². The fourth-order valence-corrected chi connectivity index (χ4v) is 3.64. The van der Waals surface area contributed by atoms with Crippen LogP contribution in [0, 0.1) is 0 Å². The van der Waals surface area contributed by atoms with Gasteiger partial charge in [-0.3, -0.25) is 9.48 Å². The van der Waals surface area contributed by atoms with Crippen molar-refractivity contribution in [1.29, 1.82) is 0 Å². The van der Waals surface area contributed by atoms with Crippen LogP contribution in [0.1, 0.15) is 0 Å². The summed E-state index contributed by atoms with van der Waals surface area (Å²) in [5.74, 6) is 0.193. The molecule has 0 radical (unpaired) electrons. The molecule has 0 aliphatic heterocycles. The van der Waals surface area contributed by atoms with Gasteiger partial charge < -0.3 is 5.32 Å². The van der Waals surface area contributed by atoms with E-state index in [4.69, 9.17) is 11.6 Å². The first-order chi connectivity index (χ1) is 12.1. The van der Waals surface area contributed by atoms with E-state index in [1.807, 2.05) is 36.4 Å². The van der Waals surface area contributed by atoms with E-state index in [-0.39, 0.29) is 12.5 Å². The second kappa shape index (κ2) is 6.30. The molecule has 1 N–H and O–H groups in total. The lowest BCUT2D eigenvalue weighted by atomic mass is 10.2. The van der Waals surface area contributed by atoms with E-state index in [9.17, 15) is 4.79 Å². The quantitative estimate of drug-likeness (QED) is 0.596. The van der Waals surface area contributed by atoms with Crippen molar-refractivity contribution in [1.82, 2.24) is 24.8 Å². The predicted octanol–water partition coefficient (Wildman–Crippen LogP) is 3.19. The summed E-state index contributed by atoms with van der Waals surface area (Å²) >= 11 is 7.51. The molecule has 0 unspecified atom stereocenters. The van der Waals surface area contributed by atoms with Crippen molar-refractivity contribution in [2.24, 2.45) is 7.05 Å². The molecule has 0 fully saturated rings. The molecule has 3 heterocycles. The summed E-state index contributed by atoms with van der Waals surface area (Å²) in [4.78, 5) is 14.7. The summed E-state index contributed by atoms with van der Waals surface area (Å²) in [7, 11) is 1.69. The number of carbonyl (C=O) groups is 1. The van der Waals surface area contributed by atoms with Crippen LogP contribution < -0.4 is 5.32 Å². The van der Waals surface area contributed by atoms with E-state index in [2.05, 4.69) is 20.6 Å². The van der Waals surface area contributed by atoms with Crippen LogP contribution in [0.25, 0.3) is 21.5 Å². The number of benzene rings is 1. The molecule has 0 saturated heterocycles. The lowest BCUT2D eigenvalue weighted by molar-refractivity contribution is -0.116. The van der Waals surface area contributed by atoms with E-state index in [0.29, 0.717) is 10.2 Å². The number of anilines is 1. The zero-order valence-corrected chi connectivity index (χ0v) is 14.8. The first-order valence-electron chi connectivity index (χ1n) is 7.47. The van der Waals surface area contributed by atoms with Crippen LogP contribution in [-0.4, -0.2) is 30.7 Å². The van der Waals surface area contributed by atoms with Crippen molar-refractivity contribution >= 4 is 45.6 Å². The van der Waals surface area contributed by atoms with Crippen LogP contribution in [0.3, 0.4) is 0 Å². The highest BCUT2D eigenvalue weighted by molar-refractivity contribution is 7.19. The van der Waals surface area contributed by atoms with Gasteiger partial charge in [-0.25, -0.2) is 0 Å². The first kappa shape index (κ1) is 15.8. The van der Waals surface area contributed by atoms with E-state index >= 15 is 0 Å². The lowest BCUT2D eigenvalue weighted by Crippen LogP contribution is -2.19. The molecule has 0 aliphatic rings. The largest absolute Gasteiger partial charge is 0.306 e. The normalized spacial score (nSPS) is 11.1. The number of aryl methyl sites for hydroxylation is 1. The second-order valence-corrected chi connectivity index (χ2v) is 7.11. The van der Waals surface area contributed by atoms with Gasteiger partial charge in [-0.2, -0.15) is 15.0 Å². The number of nitrogens with one attached hydrogen (secondary N) is 1. The average molecular weight is 373 g/mol. The number of amides is 1. The lowest BCUT2D eigenvalue weighted by Gasteiger charge is -2.03. The third kappa shape index (κ3) is 3.13. The Morgan fingerprint density at radius 1 is 1.24 bits per heavy atom. The molecule has 0 aliphatic carbocycles. The minimum absolute atomic E-state index is 0.0796. The molecule has 0 bridgehead atoms. The smallest absolute Gasteiger partial charge is 0.247 e. The van der Waals surface area contributed by atoms with Gasteiger partial charge in [0, 0.05) is 12.4 Å². The number of para-hydroxylation sites is 1. The van der Waals surface area contributed by atoms with Crippen LogP contribution in [0.5, 0.6) is 0 Å². The number of rotatable bonds is 4. The molecule has 1 aromatic carbocycles. The van der Waals surface area contributed by atoms with Crippen LogP contribution >= 0.6 is 22.9 Å². The molecule has 9 heteroatoms. The first-order valence-corrected chi connectivity index (χ1v) is 8.67. The Morgan fingerprint density at radius 3 is 2.80 bits per heavy atom. The molecule has 7 nitrogen and oxygen atoms in total. The summed E-state index contributed by atoms with van der Waals surface area (Å²) in [5.41, 5.74) is 1.70. The summed E-state index contributed by atoms with van der Waals surface area (Å²) < 4.78 is 2.39. The Kier molecular flexibility index (Phi) is 3.98. The minimum atomic E-state index is -0.218. The molecule has 0 spiro atoms. The molecule has 0 saturated carbocycles. The zero-order chi connectivity index (χ0) is 17.4. The van der Waals surface area contributed by atoms with Crippen molar-refractivity contribution in [3.05, 3.63) is 46.9 Å². The van der Waals surface area contributed by atoms with E-state index in [0.717, 1.165) is 21.5 Å². The van der Waals surface area contributed by atoms with E-state index in [1.165, 1.54) is 22.3 Å². The molecule has 4 rings (SSSR count). The fourth-order valence-electron chi connectivity index (χ4n) is 2.59. The predicted molar refractivity (Wildman–Crippen MR) is 97.7 cm³/mol. The van der Waals surface area contributed by atoms with Crippen molar-refractivity contribution in [2.45, 2.75) is 6.54 Å². The average Bonchev–Trinajstić information content (AvgIpc) is 3.28. The number of fused-ring (bicyclic) bond motifs is 1. The third-order valence-electron chi connectivity index (χ3n) is 3.63. The topological polar surface area (TPSA) is 77.6 Å². The van der Waals surface area contributed by atoms with Crippen molar-refractivity contribution in [2.75, 3.05) is 5.32 Å². The molecule has 126 valence electrons. The third-order valence-corrected chi connectivity index (χ3v) is 4.86. The van der Waals surface area contributed by atoms with Crippen molar-refractivity contribution < 1.29 is 4.79 Å². The van der Waals surface area contributed by atoms with Crippen molar-refractivity contribution in [3.8, 4) is 10.6 Å². The number of nitrogens with zero attached hydrogens (tertiary/aromatic N) is 5. The van der Waals surface area contributed by atoms with Gasteiger partial charge in [0.25, 0.3) is 0 Å². The van der Waals surface area contributed by atoms with Crippen LogP contribution in [0.15, 0.2) is 42.6 Å². The zero-order valence-electron chi connectivity index (χ0n) is 13.2. The van der Waals surface area contributed by atoms with E-state index < -0.39 is 0 Å². The second-order valence-electron chi connectivity index (χ2n) is 5.39. The van der Waals surface area contributed by atoms with Crippen molar-refractivity contribution in [3.63, 3.8) is 0 Å². The standard InChI is InChI=1S/C16H13ClN6OS/c1-22-18-8-14(20-22)19-15(24)9-23-11-5-3-2-4-10(11)16(21-23)12-6-7-13(17)25-12/h2-8H,9H2,1H3,(H,19,20,24). The Balaban J connectivity index is 1.66. The van der Waals surface area contributed by atoms with Gasteiger partial charge in [0.2, 0.25) is 5.91 Å². The van der Waals surface area contributed by atoms with Crippen LogP contribution in [0.4, 0.5) is 5.82 Å². The highest BCUT2D eigenvalue weighted by Crippen LogP contribution is 2.34. The Hall–Kier alpha value is -2.71. The number of halogens is 1. The van der Waals surface area contributed by atoms with Crippen LogP contribution in [0.2, 0.25) is 4.34 Å². The Bertz CT molecular complexity index is 1070. The molecular weight excluding hydrogens is 360 g/mol. The number of aromatic nitrogens is 5. The number of hydrogen-bond donors (Lipinski definition) is 1. The highest BCUT2D eigenvalue weighted by Gasteiger charge is 2.16. The molecule has 0 atom stereocenters. The SMILES string of the molecule is Cn1ncc(NC(=O)Cn2nc(-c3ccc(Cl)s3)c3ccccc32)n1. The van der Waals surface area contributed by atoms with Gasteiger partial charge in [0.05, 0.1) is 20.9 Å². The number of carbonyl (C=O) groups excluding carboxylic acids is 1. The highest BCUT2D eigenvalue weighted by atomic mass is 35.5. The van der Waals surface area contributed by atoms with Gasteiger partial charge in [-0.05, 0) is 18.2 Å². The summed E-state index contributed by atoms with van der Waals surface area (Å²) in [6.45, 7) is 0.0796. The maximum absolute atomic E-state index is 12.3. The Labute approximate surface area is 151 Å². The maximum atomic E-state index is 12.3. The fraction of sp³-hybridized carbons (Fsp3) is 0.125. The van der Waals surface area contributed by atoms with Gasteiger partial charge in [0.15, 0.2) is 5.82 Å². The molecule has 3 aromatic heterocycles. The summed E-state index contributed by atoms with van der Waals surface area (Å²) in [5, 5.41) is 16.3. The summed E-state index contributed by atoms with van der Waals surface area (Å²) in [6.07, 6.45) is 1.50. The molecule has 1 amide bonds. The monoisotopic (exact) mass is 372 g/mol. The Morgan fingerprint density at radius 2 is 2.08 bits per heavy atom. The molecule has 25 heavy (non-hydrogen) atoms. The van der Waals surface area contributed by atoms with Gasteiger partial charge in [-0.15, -0.1) is 16.4 Å². The van der Waals surface area contributed by atoms with E-state index in [1.54, 1.807) is 11.7 Å². The minimum Gasteiger partial charge on any atom is -0.306 e. The van der Waals surface area contributed by atoms with Gasteiger partial charge in [0.1, 0.15) is 12.2 Å².